The topological polar surface area (TPSA) is 159 Å². The van der Waals surface area contributed by atoms with Gasteiger partial charge in [-0.05, 0) is 20.5 Å². The number of piperazine rings is 1. The minimum absolute atomic E-state index is 0.0351. The fourth-order valence-electron chi connectivity index (χ4n) is 3.72. The fourth-order valence-corrected chi connectivity index (χ4v) is 5.14. The lowest BCUT2D eigenvalue weighted by Gasteiger charge is -2.39. The number of nitrogens with zero attached hydrogens (tertiary/aromatic N) is 7. The zero-order valence-electron chi connectivity index (χ0n) is 23.4. The van der Waals surface area contributed by atoms with Crippen molar-refractivity contribution >= 4 is 31.2 Å². The minimum atomic E-state index is -2.58. The monoisotopic (exact) mass is 557 g/mol. The molecule has 3 N–H and O–H groups in total. The highest BCUT2D eigenvalue weighted by Gasteiger charge is 2.32. The number of primary amides is 1. The van der Waals surface area contributed by atoms with Crippen LogP contribution in [0.3, 0.4) is 0 Å². The van der Waals surface area contributed by atoms with E-state index in [4.69, 9.17) is 15.2 Å². The van der Waals surface area contributed by atoms with E-state index in [-0.39, 0.29) is 37.6 Å². The maximum atomic E-state index is 13.0. The Bertz CT molecular complexity index is 944. The molecule has 0 aromatic carbocycles. The molecule has 2 heterocycles. The van der Waals surface area contributed by atoms with Gasteiger partial charge in [-0.2, -0.15) is 15.0 Å². The van der Waals surface area contributed by atoms with E-state index in [1.54, 1.807) is 18.4 Å². The van der Waals surface area contributed by atoms with E-state index in [2.05, 4.69) is 27.2 Å². The second-order valence-corrected chi connectivity index (χ2v) is 12.5. The lowest BCUT2D eigenvalue weighted by molar-refractivity contribution is -0.121. The zero-order chi connectivity index (χ0) is 28.1. The van der Waals surface area contributed by atoms with Crippen LogP contribution in [-0.2, 0) is 18.9 Å². The van der Waals surface area contributed by atoms with Gasteiger partial charge < -0.3 is 30.3 Å². The number of ether oxygens (including phenoxy) is 2. The molecule has 1 saturated heterocycles. The highest BCUT2D eigenvalue weighted by molar-refractivity contribution is 7.58. The van der Waals surface area contributed by atoms with Crippen LogP contribution in [0.25, 0.3) is 0 Å². The Morgan fingerprint density at radius 1 is 1.05 bits per heavy atom. The summed E-state index contributed by atoms with van der Waals surface area (Å²) >= 11 is 0. The number of hydrogen-bond donors (Lipinski definition) is 2. The summed E-state index contributed by atoms with van der Waals surface area (Å²) in [6, 6.07) is 0.103. The molecule has 1 fully saturated rings. The first-order chi connectivity index (χ1) is 18.0. The van der Waals surface area contributed by atoms with Crippen LogP contribution < -0.4 is 25.6 Å². The summed E-state index contributed by atoms with van der Waals surface area (Å²) in [7, 11) is 2.72. The number of carbonyl (C=O) groups is 2. The van der Waals surface area contributed by atoms with Crippen molar-refractivity contribution in [1.82, 2.24) is 29.6 Å². The predicted molar refractivity (Wildman–Crippen MR) is 147 cm³/mol. The summed E-state index contributed by atoms with van der Waals surface area (Å²) in [5.74, 6) is 0.183. The first-order valence-electron chi connectivity index (χ1n) is 13.0. The maximum Gasteiger partial charge on any atom is 0.323 e. The number of anilines is 2. The van der Waals surface area contributed by atoms with Gasteiger partial charge in [-0.3, -0.25) is 14.2 Å². The van der Waals surface area contributed by atoms with Crippen LogP contribution in [0.15, 0.2) is 0 Å². The molecule has 0 aliphatic carbocycles. The average molecular weight is 558 g/mol. The number of hydrogen-bond acceptors (Lipinski definition) is 10. The van der Waals surface area contributed by atoms with E-state index < -0.39 is 13.4 Å². The molecule has 2 amide bonds. The summed E-state index contributed by atoms with van der Waals surface area (Å²) in [6.07, 6.45) is 3.56. The molecule has 2 rings (SSSR count). The molecule has 1 aromatic heterocycles. The van der Waals surface area contributed by atoms with Gasteiger partial charge >= 0.3 is 6.01 Å². The molecule has 38 heavy (non-hydrogen) atoms. The smallest absolute Gasteiger partial charge is 0.323 e. The van der Waals surface area contributed by atoms with E-state index in [1.165, 1.54) is 4.90 Å². The summed E-state index contributed by atoms with van der Waals surface area (Å²) in [5.41, 5.74) is 5.34. The van der Waals surface area contributed by atoms with Crippen molar-refractivity contribution in [1.29, 1.82) is 0 Å². The van der Waals surface area contributed by atoms with Gasteiger partial charge in [0.05, 0.1) is 19.8 Å². The third-order valence-corrected chi connectivity index (χ3v) is 9.10. The minimum Gasteiger partial charge on any atom is -0.461 e. The Kier molecular flexibility index (Phi) is 13.1. The quantitative estimate of drug-likeness (QED) is 0.201. The zero-order valence-corrected chi connectivity index (χ0v) is 24.3. The van der Waals surface area contributed by atoms with Crippen molar-refractivity contribution < 1.29 is 23.6 Å². The number of amides is 2. The van der Waals surface area contributed by atoms with Crippen LogP contribution in [-0.4, -0.2) is 123 Å². The highest BCUT2D eigenvalue weighted by Crippen LogP contribution is 2.47. The van der Waals surface area contributed by atoms with Gasteiger partial charge in [0.1, 0.15) is 6.61 Å². The molecular weight excluding hydrogens is 513 g/mol. The number of carbonyl (C=O) groups excluding carboxylic acids is 2. The standard InChI is InChI=1S/C23H44N9O5P/c1-6-7-8-9-20(34)25-10-15-36-16-17-37-23-27-21(30(4)18-19(24)33)26-22(28-23)31-11-13-32(14-12-31)38(5,35)29(2)3/h6-18H2,1-5H3,(H2,24,33)(H,25,34). The lowest BCUT2D eigenvalue weighted by Crippen LogP contribution is -2.47. The third-order valence-electron chi connectivity index (χ3n) is 6.17. The highest BCUT2D eigenvalue weighted by atomic mass is 31.2. The van der Waals surface area contributed by atoms with Gasteiger partial charge in [-0.25, -0.2) is 9.34 Å². The van der Waals surface area contributed by atoms with Crippen LogP contribution in [0.5, 0.6) is 6.01 Å². The van der Waals surface area contributed by atoms with Gasteiger partial charge in [0.15, 0.2) is 0 Å². The van der Waals surface area contributed by atoms with E-state index in [0.29, 0.717) is 51.7 Å². The lowest BCUT2D eigenvalue weighted by atomic mass is 10.2. The van der Waals surface area contributed by atoms with Crippen LogP contribution in [0.4, 0.5) is 11.9 Å². The SMILES string of the molecule is CCCCCC(=O)NCCOCCOc1nc(N(C)CC(N)=O)nc(N2CCN(P(C)(=O)N(C)C)CC2)n1. The van der Waals surface area contributed by atoms with Crippen molar-refractivity contribution in [3.05, 3.63) is 0 Å². The van der Waals surface area contributed by atoms with E-state index in [1.807, 2.05) is 23.7 Å². The molecule has 0 radical (unpaired) electrons. The largest absolute Gasteiger partial charge is 0.461 e. The molecule has 0 spiro atoms. The Balaban J connectivity index is 1.93. The first-order valence-corrected chi connectivity index (χ1v) is 15.1. The first kappa shape index (κ1) is 31.7. The van der Waals surface area contributed by atoms with Crippen LogP contribution >= 0.6 is 7.44 Å². The molecule has 1 aliphatic heterocycles. The fraction of sp³-hybridized carbons (Fsp3) is 0.783. The van der Waals surface area contributed by atoms with Crippen LogP contribution in [0.1, 0.15) is 32.6 Å². The Labute approximate surface area is 225 Å². The van der Waals surface area contributed by atoms with Gasteiger partial charge in [0.2, 0.25) is 31.2 Å². The predicted octanol–water partition coefficient (Wildman–Crippen LogP) is 0.392. The number of nitrogens with two attached hydrogens (primary N) is 1. The Hall–Kier alpha value is -2.54. The Morgan fingerprint density at radius 3 is 2.39 bits per heavy atom. The second-order valence-electron chi connectivity index (χ2n) is 9.43. The van der Waals surface area contributed by atoms with Crippen molar-refractivity contribution in [2.24, 2.45) is 5.73 Å². The maximum absolute atomic E-state index is 13.0. The van der Waals surface area contributed by atoms with Crippen molar-refractivity contribution in [3.63, 3.8) is 0 Å². The summed E-state index contributed by atoms with van der Waals surface area (Å²) in [6.45, 7) is 7.41. The molecule has 1 unspecified atom stereocenters. The number of aromatic nitrogens is 3. The van der Waals surface area contributed by atoms with Crippen LogP contribution in [0.2, 0.25) is 0 Å². The van der Waals surface area contributed by atoms with E-state index in [9.17, 15) is 14.2 Å². The van der Waals surface area contributed by atoms with E-state index in [0.717, 1.165) is 19.3 Å². The molecule has 0 bridgehead atoms. The normalized spacial score (nSPS) is 15.8. The second kappa shape index (κ2) is 15.8. The molecule has 14 nitrogen and oxygen atoms in total. The van der Waals surface area contributed by atoms with Gasteiger partial charge in [0.25, 0.3) is 0 Å². The van der Waals surface area contributed by atoms with Gasteiger partial charge in [0, 0.05) is 52.9 Å². The molecule has 216 valence electrons. The summed E-state index contributed by atoms with van der Waals surface area (Å²) < 4.78 is 28.0. The molecular formula is C23H44N9O5P. The average Bonchev–Trinajstić information content (AvgIpc) is 2.87. The molecule has 0 saturated carbocycles. The van der Waals surface area contributed by atoms with Crippen molar-refractivity contribution in [2.45, 2.75) is 32.6 Å². The summed E-state index contributed by atoms with van der Waals surface area (Å²) in [5, 5.41) is 2.84. The van der Waals surface area contributed by atoms with Gasteiger partial charge in [-0.15, -0.1) is 0 Å². The number of unbranched alkanes of at least 4 members (excludes halogenated alkanes) is 2. The number of likely N-dealkylation sites (N-methyl/N-ethyl adjacent to an activating group) is 1. The van der Waals surface area contributed by atoms with Crippen molar-refractivity contribution in [3.8, 4) is 6.01 Å². The molecule has 15 heteroatoms. The third kappa shape index (κ3) is 10.3. The molecule has 1 aliphatic rings. The summed E-state index contributed by atoms with van der Waals surface area (Å²) in [4.78, 5) is 40.0. The van der Waals surface area contributed by atoms with Crippen LogP contribution in [0, 0.1) is 0 Å². The molecule has 1 atom stereocenters. The number of nitrogens with one attached hydrogen (secondary N) is 1. The molecule has 1 aromatic rings. The number of rotatable bonds is 17. The Morgan fingerprint density at radius 2 is 1.76 bits per heavy atom. The van der Waals surface area contributed by atoms with E-state index >= 15 is 0 Å². The van der Waals surface area contributed by atoms with Gasteiger partial charge in [-0.1, -0.05) is 19.8 Å². The van der Waals surface area contributed by atoms with Crippen molar-refractivity contribution in [2.75, 3.05) is 96.7 Å².